The Morgan fingerprint density at radius 1 is 1.10 bits per heavy atom. The van der Waals surface area contributed by atoms with Gasteiger partial charge in [0.05, 0.1) is 4.90 Å². The van der Waals surface area contributed by atoms with E-state index in [9.17, 15) is 8.42 Å². The number of rotatable bonds is 8. The third kappa shape index (κ3) is 4.67. The Morgan fingerprint density at radius 2 is 1.84 bits per heavy atom. The number of ether oxygens (including phenoxy) is 1. The molecule has 1 fully saturated rings. The van der Waals surface area contributed by atoms with Crippen LogP contribution < -0.4 is 4.74 Å². The molecule has 0 aliphatic carbocycles. The van der Waals surface area contributed by atoms with Crippen LogP contribution in [0.2, 0.25) is 0 Å². The van der Waals surface area contributed by atoms with E-state index >= 15 is 0 Å². The van der Waals surface area contributed by atoms with Crippen molar-refractivity contribution in [3.8, 4) is 17.2 Å². The molecule has 2 aromatic carbocycles. The lowest BCUT2D eigenvalue weighted by Crippen LogP contribution is -2.27. The summed E-state index contributed by atoms with van der Waals surface area (Å²) in [7, 11) is -3.45. The summed E-state index contributed by atoms with van der Waals surface area (Å²) in [6.45, 7) is 5.39. The van der Waals surface area contributed by atoms with Crippen molar-refractivity contribution in [3.63, 3.8) is 0 Å². The van der Waals surface area contributed by atoms with Crippen LogP contribution in [0.1, 0.15) is 43.2 Å². The molecule has 0 saturated carbocycles. The summed E-state index contributed by atoms with van der Waals surface area (Å²) >= 11 is 0. The minimum Gasteiger partial charge on any atom is -0.487 e. The van der Waals surface area contributed by atoms with Crippen molar-refractivity contribution in [2.75, 3.05) is 13.1 Å². The number of sulfonamides is 1. The van der Waals surface area contributed by atoms with E-state index in [4.69, 9.17) is 9.15 Å². The molecule has 1 aliphatic rings. The van der Waals surface area contributed by atoms with E-state index in [1.807, 2.05) is 37.3 Å². The van der Waals surface area contributed by atoms with Crippen molar-refractivity contribution in [2.24, 2.45) is 0 Å². The van der Waals surface area contributed by atoms with E-state index in [-0.39, 0.29) is 6.61 Å². The van der Waals surface area contributed by atoms with Crippen LogP contribution in [0.5, 0.6) is 5.75 Å². The smallest absolute Gasteiger partial charge is 0.243 e. The molecule has 164 valence electrons. The van der Waals surface area contributed by atoms with Gasteiger partial charge in [-0.3, -0.25) is 0 Å². The molecule has 7 heteroatoms. The first-order valence-electron chi connectivity index (χ1n) is 10.8. The second-order valence-electron chi connectivity index (χ2n) is 7.81. The maximum absolute atomic E-state index is 12.9. The number of hydrogen-bond acceptors (Lipinski definition) is 5. The van der Waals surface area contributed by atoms with Gasteiger partial charge in [0, 0.05) is 18.7 Å². The summed E-state index contributed by atoms with van der Waals surface area (Å²) < 4.78 is 39.3. The molecule has 0 atom stereocenters. The highest BCUT2D eigenvalue weighted by molar-refractivity contribution is 7.89. The first-order valence-corrected chi connectivity index (χ1v) is 12.2. The normalized spacial score (nSPS) is 14.8. The Kier molecular flexibility index (Phi) is 6.43. The predicted molar refractivity (Wildman–Crippen MR) is 119 cm³/mol. The predicted octanol–water partition coefficient (Wildman–Crippen LogP) is 4.97. The first kappa shape index (κ1) is 21.6. The van der Waals surface area contributed by atoms with Crippen LogP contribution in [-0.2, 0) is 23.1 Å². The molecule has 0 spiro atoms. The second kappa shape index (κ2) is 9.24. The lowest BCUT2D eigenvalue weighted by atomic mass is 10.1. The zero-order valence-corrected chi connectivity index (χ0v) is 18.8. The van der Waals surface area contributed by atoms with Gasteiger partial charge in [0.2, 0.25) is 15.9 Å². The fourth-order valence-corrected chi connectivity index (χ4v) is 5.38. The monoisotopic (exact) mass is 440 g/mol. The van der Waals surface area contributed by atoms with Gasteiger partial charge in [0.1, 0.15) is 23.8 Å². The van der Waals surface area contributed by atoms with Gasteiger partial charge in [0.25, 0.3) is 0 Å². The summed E-state index contributed by atoms with van der Waals surface area (Å²) in [5, 5.41) is 0. The van der Waals surface area contributed by atoms with Crippen LogP contribution in [-0.4, -0.2) is 30.8 Å². The Bertz CT molecular complexity index is 1130. The Hall–Kier alpha value is -2.64. The maximum atomic E-state index is 12.9. The van der Waals surface area contributed by atoms with Gasteiger partial charge in [-0.25, -0.2) is 13.4 Å². The molecule has 31 heavy (non-hydrogen) atoms. The third-order valence-electron chi connectivity index (χ3n) is 5.53. The fourth-order valence-electron chi connectivity index (χ4n) is 3.81. The van der Waals surface area contributed by atoms with Gasteiger partial charge in [-0.1, -0.05) is 31.5 Å². The Labute approximate surface area is 183 Å². The fraction of sp³-hybridized carbons (Fsp3) is 0.375. The van der Waals surface area contributed by atoms with Crippen molar-refractivity contribution >= 4 is 10.0 Å². The summed E-state index contributed by atoms with van der Waals surface area (Å²) in [6, 6.07) is 14.9. The highest BCUT2D eigenvalue weighted by Crippen LogP contribution is 2.29. The standard InChI is InChI=1S/C24H28N2O4S/c1-3-9-20-16-21(31(27,28)26-14-7-8-15-26)12-13-23(20)29-17-22-18(2)30-24(25-22)19-10-5-4-6-11-19/h4-6,10-13,16H,3,7-9,14-15,17H2,1-2H3. The highest BCUT2D eigenvalue weighted by atomic mass is 32.2. The number of oxazole rings is 1. The van der Waals surface area contributed by atoms with E-state index < -0.39 is 10.0 Å². The van der Waals surface area contributed by atoms with Crippen LogP contribution in [0.3, 0.4) is 0 Å². The van der Waals surface area contributed by atoms with Gasteiger partial charge >= 0.3 is 0 Å². The van der Waals surface area contributed by atoms with E-state index in [2.05, 4.69) is 11.9 Å². The molecule has 0 bridgehead atoms. The molecule has 0 amide bonds. The van der Waals surface area contributed by atoms with Crippen LogP contribution in [0.4, 0.5) is 0 Å². The largest absolute Gasteiger partial charge is 0.487 e. The zero-order valence-electron chi connectivity index (χ0n) is 18.0. The summed E-state index contributed by atoms with van der Waals surface area (Å²) in [5.41, 5.74) is 2.54. The average Bonchev–Trinajstić information content (AvgIpc) is 3.44. The van der Waals surface area contributed by atoms with Crippen LogP contribution in [0, 0.1) is 6.92 Å². The van der Waals surface area contributed by atoms with Gasteiger partial charge in [-0.05, 0) is 62.1 Å². The molecule has 4 rings (SSSR count). The van der Waals surface area contributed by atoms with Gasteiger partial charge in [-0.2, -0.15) is 4.31 Å². The highest BCUT2D eigenvalue weighted by Gasteiger charge is 2.27. The topological polar surface area (TPSA) is 72.6 Å². The molecule has 1 aliphatic heterocycles. The molecule has 0 unspecified atom stereocenters. The Balaban J connectivity index is 1.54. The number of aryl methyl sites for hydroxylation is 2. The third-order valence-corrected chi connectivity index (χ3v) is 7.43. The van der Waals surface area contributed by atoms with Crippen molar-refractivity contribution < 1.29 is 17.6 Å². The maximum Gasteiger partial charge on any atom is 0.243 e. The van der Waals surface area contributed by atoms with Crippen molar-refractivity contribution in [3.05, 3.63) is 65.5 Å². The van der Waals surface area contributed by atoms with Gasteiger partial charge in [-0.15, -0.1) is 0 Å². The molecule has 0 radical (unpaired) electrons. The average molecular weight is 441 g/mol. The minimum absolute atomic E-state index is 0.261. The first-order chi connectivity index (χ1) is 15.0. The number of nitrogens with zero attached hydrogens (tertiary/aromatic N) is 2. The van der Waals surface area contributed by atoms with E-state index in [0.717, 1.165) is 42.5 Å². The van der Waals surface area contributed by atoms with Crippen LogP contribution in [0.15, 0.2) is 57.8 Å². The summed E-state index contributed by atoms with van der Waals surface area (Å²) in [4.78, 5) is 4.93. The van der Waals surface area contributed by atoms with Crippen molar-refractivity contribution in [1.29, 1.82) is 0 Å². The molecule has 1 saturated heterocycles. The minimum atomic E-state index is -3.45. The molecule has 6 nitrogen and oxygen atoms in total. The van der Waals surface area contributed by atoms with Crippen LogP contribution >= 0.6 is 0 Å². The Morgan fingerprint density at radius 3 is 2.55 bits per heavy atom. The number of aromatic nitrogens is 1. The van der Waals surface area contributed by atoms with E-state index in [1.165, 1.54) is 0 Å². The number of benzene rings is 2. The molecular weight excluding hydrogens is 412 g/mol. The lowest BCUT2D eigenvalue weighted by Gasteiger charge is -2.17. The summed E-state index contributed by atoms with van der Waals surface area (Å²) in [5.74, 6) is 1.97. The molecule has 0 N–H and O–H groups in total. The molecular formula is C24H28N2O4S. The molecule has 3 aromatic rings. The number of hydrogen-bond donors (Lipinski definition) is 0. The second-order valence-corrected chi connectivity index (χ2v) is 9.75. The van der Waals surface area contributed by atoms with E-state index in [1.54, 1.807) is 22.5 Å². The van der Waals surface area contributed by atoms with Crippen molar-refractivity contribution in [1.82, 2.24) is 9.29 Å². The quantitative estimate of drug-likeness (QED) is 0.495. The summed E-state index contributed by atoms with van der Waals surface area (Å²) in [6.07, 6.45) is 3.48. The van der Waals surface area contributed by atoms with Gasteiger partial charge < -0.3 is 9.15 Å². The zero-order chi connectivity index (χ0) is 21.8. The van der Waals surface area contributed by atoms with Crippen LogP contribution in [0.25, 0.3) is 11.5 Å². The molecule has 2 heterocycles. The van der Waals surface area contributed by atoms with E-state index in [0.29, 0.717) is 35.4 Å². The lowest BCUT2D eigenvalue weighted by molar-refractivity contribution is 0.296. The van der Waals surface area contributed by atoms with Crippen molar-refractivity contribution in [2.45, 2.75) is 51.0 Å². The SMILES string of the molecule is CCCc1cc(S(=O)(=O)N2CCCC2)ccc1OCc1nc(-c2ccccc2)oc1C. The van der Waals surface area contributed by atoms with Gasteiger partial charge in [0.15, 0.2) is 0 Å². The molecule has 1 aromatic heterocycles.